The van der Waals surface area contributed by atoms with E-state index in [9.17, 15) is 22.0 Å². The fourth-order valence-electron chi connectivity index (χ4n) is 2.01. The highest BCUT2D eigenvalue weighted by Gasteiger charge is 2.17. The Kier molecular flexibility index (Phi) is 6.27. The van der Waals surface area contributed by atoms with Gasteiger partial charge in [0.15, 0.2) is 11.6 Å². The molecule has 0 bridgehead atoms. The van der Waals surface area contributed by atoms with E-state index < -0.39 is 27.6 Å². The Labute approximate surface area is 150 Å². The van der Waals surface area contributed by atoms with Crippen LogP contribution in [0.2, 0.25) is 0 Å². The van der Waals surface area contributed by atoms with Crippen molar-refractivity contribution in [1.29, 1.82) is 0 Å². The van der Waals surface area contributed by atoms with Crippen molar-refractivity contribution < 1.29 is 26.7 Å². The summed E-state index contributed by atoms with van der Waals surface area (Å²) in [6, 6.07) is 8.41. The van der Waals surface area contributed by atoms with Crippen LogP contribution in [0.4, 0.5) is 8.78 Å². The Morgan fingerprint density at radius 1 is 1.12 bits per heavy atom. The molecule has 0 aliphatic rings. The van der Waals surface area contributed by atoms with Crippen LogP contribution in [-0.2, 0) is 10.0 Å². The number of hydrogen-bond donors (Lipinski definition) is 1. The molecule has 0 atom stereocenters. The monoisotopic (exact) mass is 384 g/mol. The normalized spacial score (nSPS) is 11.4. The number of carbonyl (C=O) groups excluding carboxylic acids is 1. The number of sulfonamides is 1. The SMILES string of the molecule is CN(C)S(=O)(=O)c1ccc(C(=O)NCCOc2ccc(F)cc2F)cc1. The molecule has 9 heteroatoms. The molecular weight excluding hydrogens is 366 g/mol. The topological polar surface area (TPSA) is 75.7 Å². The largest absolute Gasteiger partial charge is 0.489 e. The van der Waals surface area contributed by atoms with Gasteiger partial charge in [-0.1, -0.05) is 0 Å². The van der Waals surface area contributed by atoms with Crippen LogP contribution >= 0.6 is 0 Å². The van der Waals surface area contributed by atoms with Gasteiger partial charge in [0.25, 0.3) is 5.91 Å². The zero-order chi connectivity index (χ0) is 19.3. The van der Waals surface area contributed by atoms with Crippen LogP contribution in [-0.4, -0.2) is 45.9 Å². The Morgan fingerprint density at radius 3 is 2.35 bits per heavy atom. The average molecular weight is 384 g/mol. The Hall–Kier alpha value is -2.52. The molecule has 0 aromatic heterocycles. The average Bonchev–Trinajstić information content (AvgIpc) is 2.60. The van der Waals surface area contributed by atoms with Gasteiger partial charge in [-0.25, -0.2) is 21.5 Å². The summed E-state index contributed by atoms with van der Waals surface area (Å²) in [4.78, 5) is 12.1. The molecule has 0 unspecified atom stereocenters. The molecule has 0 saturated carbocycles. The first-order chi connectivity index (χ1) is 12.2. The number of amides is 1. The second-order valence-electron chi connectivity index (χ2n) is 5.49. The molecular formula is C17H18F2N2O4S. The van der Waals surface area contributed by atoms with Crippen molar-refractivity contribution in [2.75, 3.05) is 27.2 Å². The lowest BCUT2D eigenvalue weighted by atomic mass is 10.2. The summed E-state index contributed by atoms with van der Waals surface area (Å²) in [6.45, 7) is 0.0782. The Morgan fingerprint density at radius 2 is 1.77 bits per heavy atom. The zero-order valence-corrected chi connectivity index (χ0v) is 15.0. The van der Waals surface area contributed by atoms with Gasteiger partial charge in [-0.2, -0.15) is 0 Å². The zero-order valence-electron chi connectivity index (χ0n) is 14.2. The van der Waals surface area contributed by atoms with Gasteiger partial charge in [-0.15, -0.1) is 0 Å². The number of carbonyl (C=O) groups is 1. The Bertz CT molecular complexity index is 884. The molecule has 0 saturated heterocycles. The maximum Gasteiger partial charge on any atom is 0.251 e. The van der Waals surface area contributed by atoms with E-state index >= 15 is 0 Å². The first kappa shape index (κ1) is 19.8. The minimum absolute atomic E-state index is 0.0125. The third-order valence-corrected chi connectivity index (χ3v) is 5.26. The van der Waals surface area contributed by atoms with Crippen molar-refractivity contribution in [2.45, 2.75) is 4.90 Å². The molecule has 2 aromatic carbocycles. The molecule has 6 nitrogen and oxygen atoms in total. The highest BCUT2D eigenvalue weighted by molar-refractivity contribution is 7.89. The molecule has 0 aliphatic carbocycles. The van der Waals surface area contributed by atoms with Gasteiger partial charge in [0, 0.05) is 25.7 Å². The summed E-state index contributed by atoms with van der Waals surface area (Å²) in [5.74, 6) is -2.07. The standard InChI is InChI=1S/C17H18F2N2O4S/c1-21(2)26(23,24)14-6-3-12(4-7-14)17(22)20-9-10-25-16-8-5-13(18)11-15(16)19/h3-8,11H,9-10H2,1-2H3,(H,20,22). The number of hydrogen-bond acceptors (Lipinski definition) is 4. The number of rotatable bonds is 7. The van der Waals surface area contributed by atoms with E-state index in [2.05, 4.69) is 5.32 Å². The smallest absolute Gasteiger partial charge is 0.251 e. The van der Waals surface area contributed by atoms with E-state index in [1.807, 2.05) is 0 Å². The molecule has 1 amide bonds. The summed E-state index contributed by atoms with van der Waals surface area (Å²) >= 11 is 0. The number of benzene rings is 2. The van der Waals surface area contributed by atoms with Crippen LogP contribution in [0.15, 0.2) is 47.4 Å². The Balaban J connectivity index is 1.88. The number of halogens is 2. The summed E-state index contributed by atoms with van der Waals surface area (Å²) in [5.41, 5.74) is 0.274. The van der Waals surface area contributed by atoms with Gasteiger partial charge in [0.2, 0.25) is 10.0 Å². The maximum atomic E-state index is 13.4. The van der Waals surface area contributed by atoms with Crippen molar-refractivity contribution >= 4 is 15.9 Å². The minimum Gasteiger partial charge on any atom is -0.489 e. The summed E-state index contributed by atoms with van der Waals surface area (Å²) < 4.78 is 56.3. The van der Waals surface area contributed by atoms with E-state index in [4.69, 9.17) is 4.74 Å². The van der Waals surface area contributed by atoms with Crippen molar-refractivity contribution in [3.8, 4) is 5.75 Å². The molecule has 2 rings (SSSR count). The lowest BCUT2D eigenvalue weighted by Crippen LogP contribution is -2.28. The van der Waals surface area contributed by atoms with Crippen molar-refractivity contribution in [2.24, 2.45) is 0 Å². The summed E-state index contributed by atoms with van der Waals surface area (Å²) in [7, 11) is -0.725. The second-order valence-corrected chi connectivity index (χ2v) is 7.64. The van der Waals surface area contributed by atoms with Gasteiger partial charge >= 0.3 is 0 Å². The predicted molar refractivity (Wildman–Crippen MR) is 91.5 cm³/mol. The number of nitrogens with zero attached hydrogens (tertiary/aromatic N) is 1. The highest BCUT2D eigenvalue weighted by Crippen LogP contribution is 2.17. The van der Waals surface area contributed by atoms with Crippen LogP contribution in [0.1, 0.15) is 10.4 Å². The van der Waals surface area contributed by atoms with E-state index in [0.29, 0.717) is 6.07 Å². The van der Waals surface area contributed by atoms with Crippen molar-refractivity contribution in [1.82, 2.24) is 9.62 Å². The lowest BCUT2D eigenvalue weighted by molar-refractivity contribution is 0.0946. The minimum atomic E-state index is -3.56. The molecule has 0 fully saturated rings. The summed E-state index contributed by atoms with van der Waals surface area (Å²) in [6.07, 6.45) is 0. The predicted octanol–water partition coefficient (Wildman–Crippen LogP) is 2.02. The van der Waals surface area contributed by atoms with Crippen molar-refractivity contribution in [3.63, 3.8) is 0 Å². The van der Waals surface area contributed by atoms with Crippen LogP contribution in [0.25, 0.3) is 0 Å². The molecule has 2 aromatic rings. The van der Waals surface area contributed by atoms with Crippen LogP contribution in [0.3, 0.4) is 0 Å². The van der Waals surface area contributed by atoms with Crippen molar-refractivity contribution in [3.05, 3.63) is 59.7 Å². The first-order valence-corrected chi connectivity index (χ1v) is 9.04. The molecule has 26 heavy (non-hydrogen) atoms. The fraction of sp³-hybridized carbons (Fsp3) is 0.235. The van der Waals surface area contributed by atoms with Gasteiger partial charge in [-0.3, -0.25) is 4.79 Å². The fourth-order valence-corrected chi connectivity index (χ4v) is 2.91. The third-order valence-electron chi connectivity index (χ3n) is 3.43. The van der Waals surface area contributed by atoms with Crippen LogP contribution in [0, 0.1) is 11.6 Å². The molecule has 140 valence electrons. The second kappa shape index (κ2) is 8.24. The number of nitrogens with one attached hydrogen (secondary N) is 1. The first-order valence-electron chi connectivity index (χ1n) is 7.60. The summed E-state index contributed by atoms with van der Waals surface area (Å²) in [5, 5.41) is 2.56. The molecule has 0 radical (unpaired) electrons. The van der Waals surface area contributed by atoms with E-state index in [1.165, 1.54) is 38.4 Å². The third kappa shape index (κ3) is 4.77. The molecule has 1 N–H and O–H groups in total. The van der Waals surface area contributed by atoms with Gasteiger partial charge in [0.1, 0.15) is 12.4 Å². The van der Waals surface area contributed by atoms with Gasteiger partial charge in [0.05, 0.1) is 11.4 Å². The quantitative estimate of drug-likeness (QED) is 0.741. The van der Waals surface area contributed by atoms with Crippen LogP contribution in [0.5, 0.6) is 5.75 Å². The van der Waals surface area contributed by atoms with E-state index in [1.54, 1.807) is 0 Å². The van der Waals surface area contributed by atoms with Crippen LogP contribution < -0.4 is 10.1 Å². The lowest BCUT2D eigenvalue weighted by Gasteiger charge is -2.12. The molecule has 0 heterocycles. The molecule has 0 aliphatic heterocycles. The maximum absolute atomic E-state index is 13.4. The highest BCUT2D eigenvalue weighted by atomic mass is 32.2. The number of ether oxygens (including phenoxy) is 1. The molecule has 0 spiro atoms. The van der Waals surface area contributed by atoms with E-state index in [-0.39, 0.29) is 29.4 Å². The van der Waals surface area contributed by atoms with E-state index in [0.717, 1.165) is 16.4 Å². The van der Waals surface area contributed by atoms with Gasteiger partial charge in [-0.05, 0) is 36.4 Å². The van der Waals surface area contributed by atoms with Gasteiger partial charge < -0.3 is 10.1 Å².